The summed E-state index contributed by atoms with van der Waals surface area (Å²) in [6, 6.07) is 11.1. The number of rotatable bonds is 12. The maximum Gasteiger partial charge on any atom is 0.243 e. The molecule has 0 aliphatic rings. The first-order valence-electron chi connectivity index (χ1n) is 10.7. The fourth-order valence-electron chi connectivity index (χ4n) is 3.18. The summed E-state index contributed by atoms with van der Waals surface area (Å²) >= 11 is 0. The van der Waals surface area contributed by atoms with E-state index in [1.54, 1.807) is 20.3 Å². The third-order valence-corrected chi connectivity index (χ3v) is 4.72. The number of methoxy groups -OCH3 is 2. The molecule has 0 spiro atoms. The number of carbonyl (C=O) groups excluding carboxylic acids is 1. The van der Waals surface area contributed by atoms with Crippen LogP contribution in [0.1, 0.15) is 19.4 Å². The average Bonchev–Trinajstić information content (AvgIpc) is 3.28. The van der Waals surface area contributed by atoms with Crippen molar-refractivity contribution in [2.45, 2.75) is 26.8 Å². The molecule has 1 N–H and O–H groups in total. The molecule has 0 saturated carbocycles. The van der Waals surface area contributed by atoms with E-state index in [2.05, 4.69) is 20.7 Å². The van der Waals surface area contributed by atoms with E-state index in [0.29, 0.717) is 55.0 Å². The predicted octanol–water partition coefficient (Wildman–Crippen LogP) is 2.51. The molecule has 3 aromatic rings. The van der Waals surface area contributed by atoms with E-state index < -0.39 is 0 Å². The molecule has 0 atom stereocenters. The van der Waals surface area contributed by atoms with Gasteiger partial charge >= 0.3 is 0 Å². The first-order chi connectivity index (χ1) is 16.1. The van der Waals surface area contributed by atoms with Gasteiger partial charge in [-0.25, -0.2) is 0 Å². The monoisotopic (exact) mass is 455 g/mol. The standard InChI is InChI=1S/C23H29N5O5/c1-5-32-19-10-8-17(14-21(19)33-6-2)23-25-27-28(26-23)15-22(29)24-12-11-16-7-9-18(30-3)20(13-16)31-4/h7-10,13-14H,5-6,11-12,15H2,1-4H3,(H,24,29). The van der Waals surface area contributed by atoms with Crippen LogP contribution in [-0.4, -0.2) is 60.1 Å². The summed E-state index contributed by atoms with van der Waals surface area (Å²) in [6.07, 6.45) is 0.647. The number of hydrogen-bond acceptors (Lipinski definition) is 8. The van der Waals surface area contributed by atoms with Crippen molar-refractivity contribution in [3.63, 3.8) is 0 Å². The third-order valence-electron chi connectivity index (χ3n) is 4.72. The highest BCUT2D eigenvalue weighted by Gasteiger charge is 2.13. The minimum atomic E-state index is -0.207. The van der Waals surface area contributed by atoms with Gasteiger partial charge in [0.25, 0.3) is 0 Å². The number of nitrogens with zero attached hydrogens (tertiary/aromatic N) is 4. The number of amides is 1. The van der Waals surface area contributed by atoms with Gasteiger partial charge in [0.15, 0.2) is 23.0 Å². The van der Waals surface area contributed by atoms with Gasteiger partial charge in [0.1, 0.15) is 6.54 Å². The van der Waals surface area contributed by atoms with E-state index in [1.807, 2.05) is 44.2 Å². The lowest BCUT2D eigenvalue weighted by molar-refractivity contribution is -0.122. The molecule has 0 saturated heterocycles. The Kier molecular flexibility index (Phi) is 8.45. The van der Waals surface area contributed by atoms with Gasteiger partial charge in [-0.15, -0.1) is 10.2 Å². The van der Waals surface area contributed by atoms with Crippen molar-refractivity contribution in [1.29, 1.82) is 0 Å². The minimum Gasteiger partial charge on any atom is -0.493 e. The highest BCUT2D eigenvalue weighted by Crippen LogP contribution is 2.31. The Labute approximate surface area is 192 Å². The van der Waals surface area contributed by atoms with Crippen LogP contribution >= 0.6 is 0 Å². The van der Waals surface area contributed by atoms with Crippen LogP contribution in [0.2, 0.25) is 0 Å². The van der Waals surface area contributed by atoms with Crippen molar-refractivity contribution < 1.29 is 23.7 Å². The second kappa shape index (κ2) is 11.7. The summed E-state index contributed by atoms with van der Waals surface area (Å²) < 4.78 is 21.8. The molecule has 0 aliphatic carbocycles. The number of aromatic nitrogens is 4. The zero-order valence-electron chi connectivity index (χ0n) is 19.3. The molecule has 1 aromatic heterocycles. The molecule has 0 unspecified atom stereocenters. The SMILES string of the molecule is CCOc1ccc(-c2nnn(CC(=O)NCCc3ccc(OC)c(OC)c3)n2)cc1OCC. The van der Waals surface area contributed by atoms with Crippen molar-refractivity contribution in [3.05, 3.63) is 42.0 Å². The molecule has 10 heteroatoms. The predicted molar refractivity (Wildman–Crippen MR) is 122 cm³/mol. The van der Waals surface area contributed by atoms with Crippen LogP contribution in [0.15, 0.2) is 36.4 Å². The molecule has 0 aliphatic heterocycles. The Morgan fingerprint density at radius 2 is 1.67 bits per heavy atom. The first-order valence-corrected chi connectivity index (χ1v) is 10.7. The molecular weight excluding hydrogens is 426 g/mol. The third kappa shape index (κ3) is 6.34. The lowest BCUT2D eigenvalue weighted by Gasteiger charge is -2.11. The van der Waals surface area contributed by atoms with Gasteiger partial charge in [-0.1, -0.05) is 6.07 Å². The summed E-state index contributed by atoms with van der Waals surface area (Å²) in [5.74, 6) is 2.78. The molecule has 10 nitrogen and oxygen atoms in total. The van der Waals surface area contributed by atoms with Crippen molar-refractivity contribution in [1.82, 2.24) is 25.5 Å². The van der Waals surface area contributed by atoms with Crippen LogP contribution in [0.3, 0.4) is 0 Å². The van der Waals surface area contributed by atoms with Crippen molar-refractivity contribution in [2.24, 2.45) is 0 Å². The average molecular weight is 456 g/mol. The summed E-state index contributed by atoms with van der Waals surface area (Å²) in [6.45, 7) is 5.29. The van der Waals surface area contributed by atoms with Gasteiger partial charge in [0, 0.05) is 12.1 Å². The van der Waals surface area contributed by atoms with Crippen molar-refractivity contribution in [3.8, 4) is 34.4 Å². The van der Waals surface area contributed by atoms with Gasteiger partial charge < -0.3 is 24.3 Å². The van der Waals surface area contributed by atoms with Gasteiger partial charge in [0.2, 0.25) is 11.7 Å². The van der Waals surface area contributed by atoms with Crippen LogP contribution in [0.25, 0.3) is 11.4 Å². The van der Waals surface area contributed by atoms with Crippen LogP contribution in [-0.2, 0) is 17.8 Å². The lowest BCUT2D eigenvalue weighted by Crippen LogP contribution is -2.30. The number of nitrogens with one attached hydrogen (secondary N) is 1. The van der Waals surface area contributed by atoms with Crippen LogP contribution in [0, 0.1) is 0 Å². The number of hydrogen-bond donors (Lipinski definition) is 1. The van der Waals surface area contributed by atoms with Crippen molar-refractivity contribution in [2.75, 3.05) is 34.0 Å². The summed E-state index contributed by atoms with van der Waals surface area (Å²) in [4.78, 5) is 13.6. The number of carbonyl (C=O) groups is 1. The highest BCUT2D eigenvalue weighted by atomic mass is 16.5. The normalized spacial score (nSPS) is 10.5. The van der Waals surface area contributed by atoms with E-state index in [4.69, 9.17) is 18.9 Å². The second-order valence-electron chi connectivity index (χ2n) is 6.96. The molecule has 33 heavy (non-hydrogen) atoms. The van der Waals surface area contributed by atoms with Crippen LogP contribution < -0.4 is 24.3 Å². The topological polar surface area (TPSA) is 110 Å². The van der Waals surface area contributed by atoms with Crippen LogP contribution in [0.5, 0.6) is 23.0 Å². The van der Waals surface area contributed by atoms with Gasteiger partial charge in [-0.05, 0) is 61.4 Å². The Balaban J connectivity index is 1.56. The molecule has 2 aromatic carbocycles. The van der Waals surface area contributed by atoms with E-state index in [-0.39, 0.29) is 12.5 Å². The fraction of sp³-hybridized carbons (Fsp3) is 0.391. The second-order valence-corrected chi connectivity index (χ2v) is 6.96. The minimum absolute atomic E-state index is 0.0335. The summed E-state index contributed by atoms with van der Waals surface area (Å²) in [5.41, 5.74) is 1.75. The maximum atomic E-state index is 12.3. The first kappa shape index (κ1) is 23.8. The van der Waals surface area contributed by atoms with Crippen molar-refractivity contribution >= 4 is 5.91 Å². The molecule has 1 heterocycles. The van der Waals surface area contributed by atoms with E-state index in [0.717, 1.165) is 11.1 Å². The lowest BCUT2D eigenvalue weighted by atomic mass is 10.1. The molecule has 3 rings (SSSR count). The zero-order chi connectivity index (χ0) is 23.6. The molecular formula is C23H29N5O5. The Bertz CT molecular complexity index is 1070. The molecule has 176 valence electrons. The highest BCUT2D eigenvalue weighted by molar-refractivity contribution is 5.75. The Morgan fingerprint density at radius 1 is 0.939 bits per heavy atom. The smallest absolute Gasteiger partial charge is 0.243 e. The quantitative estimate of drug-likeness (QED) is 0.444. The van der Waals surface area contributed by atoms with Gasteiger partial charge in [0.05, 0.1) is 27.4 Å². The largest absolute Gasteiger partial charge is 0.493 e. The summed E-state index contributed by atoms with van der Waals surface area (Å²) in [5, 5.41) is 15.2. The number of benzene rings is 2. The van der Waals surface area contributed by atoms with Gasteiger partial charge in [-0.2, -0.15) is 4.80 Å². The molecule has 0 radical (unpaired) electrons. The van der Waals surface area contributed by atoms with E-state index >= 15 is 0 Å². The summed E-state index contributed by atoms with van der Waals surface area (Å²) in [7, 11) is 3.18. The molecule has 0 fully saturated rings. The molecule has 1 amide bonds. The number of tetrazole rings is 1. The Morgan fingerprint density at radius 3 is 2.39 bits per heavy atom. The van der Waals surface area contributed by atoms with E-state index in [1.165, 1.54) is 4.80 Å². The fourth-order valence-corrected chi connectivity index (χ4v) is 3.18. The molecule has 0 bridgehead atoms. The maximum absolute atomic E-state index is 12.3. The number of ether oxygens (including phenoxy) is 4. The van der Waals surface area contributed by atoms with E-state index in [9.17, 15) is 4.79 Å². The Hall–Kier alpha value is -3.82. The zero-order valence-corrected chi connectivity index (χ0v) is 19.3. The van der Waals surface area contributed by atoms with Crippen LogP contribution in [0.4, 0.5) is 0 Å². The van der Waals surface area contributed by atoms with Gasteiger partial charge in [-0.3, -0.25) is 4.79 Å².